The number of pyridine rings is 1. The number of rotatable bonds is 5. The van der Waals surface area contributed by atoms with Crippen LogP contribution in [0.15, 0.2) is 18.5 Å². The van der Waals surface area contributed by atoms with Crippen LogP contribution in [-0.4, -0.2) is 4.98 Å². The Kier molecular flexibility index (Phi) is 4.77. The predicted molar refractivity (Wildman–Crippen MR) is 57.1 cm³/mol. The fourth-order valence-electron chi connectivity index (χ4n) is 1.64. The Balaban J connectivity index is 2.65. The Hall–Kier alpha value is -1.06. The summed E-state index contributed by atoms with van der Waals surface area (Å²) in [5, 5.41) is 0. The minimum Gasteiger partial charge on any atom is -0.264 e. The smallest absolute Gasteiger partial charge is 0.264 e. The largest absolute Gasteiger partial charge is 0.418 e. The van der Waals surface area contributed by atoms with Gasteiger partial charge in [-0.1, -0.05) is 26.2 Å². The maximum absolute atomic E-state index is 12.6. The van der Waals surface area contributed by atoms with Crippen LogP contribution >= 0.6 is 0 Å². The van der Waals surface area contributed by atoms with Gasteiger partial charge in [-0.05, 0) is 24.5 Å². The fourth-order valence-corrected chi connectivity index (χ4v) is 1.64. The van der Waals surface area contributed by atoms with E-state index >= 15 is 0 Å². The highest BCUT2D eigenvalue weighted by Crippen LogP contribution is 2.31. The van der Waals surface area contributed by atoms with Crippen LogP contribution in [0.25, 0.3) is 0 Å². The van der Waals surface area contributed by atoms with E-state index in [4.69, 9.17) is 0 Å². The molecule has 4 heteroatoms. The van der Waals surface area contributed by atoms with Gasteiger partial charge in [-0.25, -0.2) is 0 Å². The van der Waals surface area contributed by atoms with Crippen LogP contribution in [0, 0.1) is 0 Å². The molecule has 0 bridgehead atoms. The summed E-state index contributed by atoms with van der Waals surface area (Å²) < 4.78 is 37.8. The Bertz CT molecular complexity index is 320. The Morgan fingerprint density at radius 3 is 2.56 bits per heavy atom. The lowest BCUT2D eigenvalue weighted by Gasteiger charge is -2.11. The number of alkyl halides is 3. The lowest BCUT2D eigenvalue weighted by molar-refractivity contribution is -0.138. The van der Waals surface area contributed by atoms with Crippen molar-refractivity contribution in [2.45, 2.75) is 45.2 Å². The summed E-state index contributed by atoms with van der Waals surface area (Å²) in [4.78, 5) is 3.54. The third-order valence-corrected chi connectivity index (χ3v) is 2.52. The molecule has 16 heavy (non-hydrogen) atoms. The molecule has 1 aromatic heterocycles. The molecule has 0 unspecified atom stereocenters. The molecule has 0 saturated carbocycles. The van der Waals surface area contributed by atoms with E-state index < -0.39 is 11.7 Å². The van der Waals surface area contributed by atoms with Gasteiger partial charge < -0.3 is 0 Å². The highest BCUT2D eigenvalue weighted by molar-refractivity contribution is 5.26. The summed E-state index contributed by atoms with van der Waals surface area (Å²) in [6.45, 7) is 2.08. The molecule has 0 spiro atoms. The zero-order valence-corrected chi connectivity index (χ0v) is 9.35. The van der Waals surface area contributed by atoms with Crippen LogP contribution in [0.5, 0.6) is 0 Å². The standard InChI is InChI=1S/C12H16F3N/c1-2-3-4-5-6-10-7-8-16-9-11(10)12(13,14)15/h7-9H,2-6H2,1H3. The van der Waals surface area contributed by atoms with Gasteiger partial charge >= 0.3 is 6.18 Å². The van der Waals surface area contributed by atoms with Crippen molar-refractivity contribution < 1.29 is 13.2 Å². The van der Waals surface area contributed by atoms with E-state index in [1.165, 1.54) is 12.3 Å². The van der Waals surface area contributed by atoms with E-state index in [0.717, 1.165) is 31.9 Å². The molecular weight excluding hydrogens is 215 g/mol. The number of nitrogens with zero attached hydrogens (tertiary/aromatic N) is 1. The van der Waals surface area contributed by atoms with Crippen molar-refractivity contribution >= 4 is 0 Å². The van der Waals surface area contributed by atoms with E-state index in [1.54, 1.807) is 0 Å². The third-order valence-electron chi connectivity index (χ3n) is 2.52. The van der Waals surface area contributed by atoms with Crippen LogP contribution in [-0.2, 0) is 12.6 Å². The molecule has 1 nitrogen and oxygen atoms in total. The molecule has 0 amide bonds. The van der Waals surface area contributed by atoms with Crippen molar-refractivity contribution in [1.29, 1.82) is 0 Å². The SMILES string of the molecule is CCCCCCc1ccncc1C(F)(F)F. The molecule has 0 aliphatic rings. The molecule has 0 aliphatic carbocycles. The molecule has 0 aromatic carbocycles. The summed E-state index contributed by atoms with van der Waals surface area (Å²) in [5.74, 6) is 0. The van der Waals surface area contributed by atoms with Gasteiger partial charge in [0.25, 0.3) is 0 Å². The van der Waals surface area contributed by atoms with E-state index in [2.05, 4.69) is 11.9 Å². The van der Waals surface area contributed by atoms with Crippen LogP contribution in [0.1, 0.15) is 43.7 Å². The molecule has 1 rings (SSSR count). The third kappa shape index (κ3) is 3.83. The van der Waals surface area contributed by atoms with Gasteiger partial charge in [-0.2, -0.15) is 13.2 Å². The van der Waals surface area contributed by atoms with Gasteiger partial charge in [0.15, 0.2) is 0 Å². The summed E-state index contributed by atoms with van der Waals surface area (Å²) in [6, 6.07) is 1.47. The van der Waals surface area contributed by atoms with Gasteiger partial charge in [0.1, 0.15) is 0 Å². The van der Waals surface area contributed by atoms with Crippen molar-refractivity contribution in [1.82, 2.24) is 4.98 Å². The number of aryl methyl sites for hydroxylation is 1. The molecule has 0 aliphatic heterocycles. The average Bonchev–Trinajstić information content (AvgIpc) is 2.24. The van der Waals surface area contributed by atoms with Gasteiger partial charge in [-0.15, -0.1) is 0 Å². The molecule has 0 fully saturated rings. The second kappa shape index (κ2) is 5.87. The highest BCUT2D eigenvalue weighted by Gasteiger charge is 2.33. The van der Waals surface area contributed by atoms with Crippen LogP contribution in [0.2, 0.25) is 0 Å². The molecule has 0 saturated heterocycles. The van der Waals surface area contributed by atoms with E-state index in [9.17, 15) is 13.2 Å². The molecule has 90 valence electrons. The predicted octanol–water partition coefficient (Wildman–Crippen LogP) is 4.22. The molecular formula is C12H16F3N. The van der Waals surface area contributed by atoms with Crippen molar-refractivity contribution in [3.8, 4) is 0 Å². The Morgan fingerprint density at radius 1 is 1.19 bits per heavy atom. The first-order valence-corrected chi connectivity index (χ1v) is 5.55. The van der Waals surface area contributed by atoms with E-state index in [-0.39, 0.29) is 0 Å². The highest BCUT2D eigenvalue weighted by atomic mass is 19.4. The van der Waals surface area contributed by atoms with Crippen molar-refractivity contribution in [3.05, 3.63) is 29.6 Å². The first-order valence-electron chi connectivity index (χ1n) is 5.55. The zero-order chi connectivity index (χ0) is 12.0. The minimum atomic E-state index is -4.28. The maximum atomic E-state index is 12.6. The normalized spacial score (nSPS) is 11.8. The molecule has 1 aromatic rings. The van der Waals surface area contributed by atoms with Gasteiger partial charge in [0.05, 0.1) is 5.56 Å². The number of halogens is 3. The topological polar surface area (TPSA) is 12.9 Å². The molecule has 1 heterocycles. The lowest BCUT2D eigenvalue weighted by atomic mass is 10.0. The van der Waals surface area contributed by atoms with Crippen LogP contribution in [0.3, 0.4) is 0 Å². The Morgan fingerprint density at radius 2 is 1.94 bits per heavy atom. The summed E-state index contributed by atoms with van der Waals surface area (Å²) in [6.07, 6.45) is 2.48. The fraction of sp³-hybridized carbons (Fsp3) is 0.583. The molecule has 0 atom stereocenters. The molecule has 0 N–H and O–H groups in total. The number of unbranched alkanes of at least 4 members (excludes halogenated alkanes) is 3. The van der Waals surface area contributed by atoms with Crippen molar-refractivity contribution in [2.75, 3.05) is 0 Å². The second-order valence-electron chi connectivity index (χ2n) is 3.84. The number of aromatic nitrogens is 1. The average molecular weight is 231 g/mol. The summed E-state index contributed by atoms with van der Waals surface area (Å²) in [5.41, 5.74) is -0.231. The first kappa shape index (κ1) is 13.0. The lowest BCUT2D eigenvalue weighted by Crippen LogP contribution is -2.09. The van der Waals surface area contributed by atoms with E-state index in [0.29, 0.717) is 12.0 Å². The maximum Gasteiger partial charge on any atom is 0.418 e. The molecule has 0 radical (unpaired) electrons. The second-order valence-corrected chi connectivity index (χ2v) is 3.84. The summed E-state index contributed by atoms with van der Waals surface area (Å²) in [7, 11) is 0. The first-order chi connectivity index (χ1) is 7.55. The quantitative estimate of drug-likeness (QED) is 0.691. The van der Waals surface area contributed by atoms with Gasteiger partial charge in [0, 0.05) is 12.4 Å². The number of hydrogen-bond donors (Lipinski definition) is 0. The van der Waals surface area contributed by atoms with Gasteiger partial charge in [0.2, 0.25) is 0 Å². The minimum absolute atomic E-state index is 0.360. The van der Waals surface area contributed by atoms with E-state index in [1.807, 2.05) is 0 Å². The number of hydrogen-bond acceptors (Lipinski definition) is 1. The van der Waals surface area contributed by atoms with Crippen LogP contribution in [0.4, 0.5) is 13.2 Å². The van der Waals surface area contributed by atoms with Crippen LogP contribution < -0.4 is 0 Å². The summed E-state index contributed by atoms with van der Waals surface area (Å²) >= 11 is 0. The van der Waals surface area contributed by atoms with Gasteiger partial charge in [-0.3, -0.25) is 4.98 Å². The van der Waals surface area contributed by atoms with Crippen molar-refractivity contribution in [3.63, 3.8) is 0 Å². The monoisotopic (exact) mass is 231 g/mol. The van der Waals surface area contributed by atoms with Crippen molar-refractivity contribution in [2.24, 2.45) is 0 Å². The zero-order valence-electron chi connectivity index (χ0n) is 9.35. The Labute approximate surface area is 93.7 Å².